The second-order valence-corrected chi connectivity index (χ2v) is 7.02. The Morgan fingerprint density at radius 1 is 1.15 bits per heavy atom. The number of benzene rings is 1. The van der Waals surface area contributed by atoms with Crippen molar-refractivity contribution < 1.29 is 4.39 Å². The molecule has 0 radical (unpaired) electrons. The van der Waals surface area contributed by atoms with Crippen molar-refractivity contribution in [3.05, 3.63) is 29.6 Å². The summed E-state index contributed by atoms with van der Waals surface area (Å²) in [6.07, 6.45) is 2.48. The molecule has 0 amide bonds. The molecule has 2 heterocycles. The van der Waals surface area contributed by atoms with Crippen molar-refractivity contribution in [3.63, 3.8) is 0 Å². The summed E-state index contributed by atoms with van der Waals surface area (Å²) in [6, 6.07) is 5.76. The highest BCUT2D eigenvalue weighted by Crippen LogP contribution is 2.40. The standard InChI is InChI=1S/C17H25FN2/c1-13(2)15-5-4-14(10-16(15)18)20-8-6-17(7-9-20)11-19(3)12-17/h4-5,10,13H,6-9,11-12H2,1-3H3. The van der Waals surface area contributed by atoms with E-state index in [1.807, 2.05) is 19.9 Å². The van der Waals surface area contributed by atoms with Crippen LogP contribution < -0.4 is 4.90 Å². The van der Waals surface area contributed by atoms with Crippen LogP contribution in [0.2, 0.25) is 0 Å². The molecule has 20 heavy (non-hydrogen) atoms. The maximum absolute atomic E-state index is 14.1. The maximum Gasteiger partial charge on any atom is 0.128 e. The van der Waals surface area contributed by atoms with E-state index in [0.717, 1.165) is 24.3 Å². The molecule has 0 unspecified atom stereocenters. The van der Waals surface area contributed by atoms with Crippen LogP contribution in [0, 0.1) is 11.2 Å². The molecule has 2 aliphatic rings. The van der Waals surface area contributed by atoms with Gasteiger partial charge in [-0.1, -0.05) is 19.9 Å². The van der Waals surface area contributed by atoms with Crippen LogP contribution in [0.5, 0.6) is 0 Å². The van der Waals surface area contributed by atoms with Gasteiger partial charge < -0.3 is 9.80 Å². The predicted molar refractivity (Wildman–Crippen MR) is 81.9 cm³/mol. The van der Waals surface area contributed by atoms with Crippen LogP contribution in [0.25, 0.3) is 0 Å². The highest BCUT2D eigenvalue weighted by atomic mass is 19.1. The van der Waals surface area contributed by atoms with E-state index in [0.29, 0.717) is 5.41 Å². The van der Waals surface area contributed by atoms with Crippen molar-refractivity contribution in [1.82, 2.24) is 4.90 Å². The van der Waals surface area contributed by atoms with Gasteiger partial charge in [-0.05, 0) is 48.9 Å². The van der Waals surface area contributed by atoms with Crippen LogP contribution in [0.4, 0.5) is 10.1 Å². The molecule has 0 atom stereocenters. The van der Waals surface area contributed by atoms with Crippen molar-refractivity contribution in [1.29, 1.82) is 0 Å². The minimum atomic E-state index is -0.0545. The first-order chi connectivity index (χ1) is 9.49. The van der Waals surface area contributed by atoms with E-state index >= 15 is 0 Å². The van der Waals surface area contributed by atoms with E-state index in [4.69, 9.17) is 0 Å². The minimum Gasteiger partial charge on any atom is -0.371 e. The molecule has 0 aliphatic carbocycles. The zero-order chi connectivity index (χ0) is 14.3. The molecule has 110 valence electrons. The summed E-state index contributed by atoms with van der Waals surface area (Å²) in [7, 11) is 2.19. The molecule has 2 saturated heterocycles. The van der Waals surface area contributed by atoms with Crippen molar-refractivity contribution in [2.75, 3.05) is 38.1 Å². The summed E-state index contributed by atoms with van der Waals surface area (Å²) >= 11 is 0. The van der Waals surface area contributed by atoms with Crippen molar-refractivity contribution in [2.45, 2.75) is 32.6 Å². The summed E-state index contributed by atoms with van der Waals surface area (Å²) in [6.45, 7) is 8.68. The van der Waals surface area contributed by atoms with Gasteiger partial charge in [0.2, 0.25) is 0 Å². The fourth-order valence-corrected chi connectivity index (χ4v) is 3.84. The molecule has 1 spiro atoms. The van der Waals surface area contributed by atoms with Gasteiger partial charge in [-0.2, -0.15) is 0 Å². The fourth-order valence-electron chi connectivity index (χ4n) is 3.84. The van der Waals surface area contributed by atoms with Crippen molar-refractivity contribution in [3.8, 4) is 0 Å². The minimum absolute atomic E-state index is 0.0545. The van der Waals surface area contributed by atoms with E-state index in [-0.39, 0.29) is 11.7 Å². The van der Waals surface area contributed by atoms with Gasteiger partial charge in [0.15, 0.2) is 0 Å². The summed E-state index contributed by atoms with van der Waals surface area (Å²) in [5.74, 6) is 0.195. The van der Waals surface area contributed by atoms with Crippen LogP contribution in [0.15, 0.2) is 18.2 Å². The van der Waals surface area contributed by atoms with E-state index in [1.54, 1.807) is 6.07 Å². The van der Waals surface area contributed by atoms with Crippen LogP contribution in [0.3, 0.4) is 0 Å². The highest BCUT2D eigenvalue weighted by Gasteiger charge is 2.43. The van der Waals surface area contributed by atoms with Gasteiger partial charge in [0.05, 0.1) is 0 Å². The third kappa shape index (κ3) is 2.44. The van der Waals surface area contributed by atoms with E-state index < -0.39 is 0 Å². The Morgan fingerprint density at radius 2 is 1.80 bits per heavy atom. The molecular formula is C17H25FN2. The summed E-state index contributed by atoms with van der Waals surface area (Å²) < 4.78 is 14.1. The Balaban J connectivity index is 1.68. The largest absolute Gasteiger partial charge is 0.371 e. The second kappa shape index (κ2) is 5.03. The molecule has 2 aliphatic heterocycles. The smallest absolute Gasteiger partial charge is 0.128 e. The van der Waals surface area contributed by atoms with Crippen LogP contribution in [0.1, 0.15) is 38.2 Å². The molecule has 3 rings (SSSR count). The Morgan fingerprint density at radius 3 is 2.30 bits per heavy atom. The third-order valence-electron chi connectivity index (χ3n) is 5.01. The molecule has 2 nitrogen and oxygen atoms in total. The van der Waals surface area contributed by atoms with E-state index in [2.05, 4.69) is 22.9 Å². The van der Waals surface area contributed by atoms with Gasteiger partial charge in [0.1, 0.15) is 5.82 Å². The van der Waals surface area contributed by atoms with E-state index in [1.165, 1.54) is 25.9 Å². The number of rotatable bonds is 2. The number of piperidine rings is 1. The zero-order valence-electron chi connectivity index (χ0n) is 12.8. The van der Waals surface area contributed by atoms with Crippen LogP contribution in [-0.4, -0.2) is 38.1 Å². The lowest BCUT2D eigenvalue weighted by Gasteiger charge is -2.53. The lowest BCUT2D eigenvalue weighted by molar-refractivity contribution is 0.00131. The molecule has 0 saturated carbocycles. The van der Waals surface area contributed by atoms with Crippen molar-refractivity contribution >= 4 is 5.69 Å². The van der Waals surface area contributed by atoms with Crippen molar-refractivity contribution in [2.24, 2.45) is 5.41 Å². The normalized spacial score (nSPS) is 22.4. The summed E-state index contributed by atoms with van der Waals surface area (Å²) in [5.41, 5.74) is 2.43. The first kappa shape index (κ1) is 13.9. The van der Waals surface area contributed by atoms with Gasteiger partial charge in [0.25, 0.3) is 0 Å². The number of hydrogen-bond donors (Lipinski definition) is 0. The molecule has 0 bridgehead atoms. The first-order valence-corrected chi connectivity index (χ1v) is 7.72. The molecule has 0 aromatic heterocycles. The Hall–Kier alpha value is -1.09. The number of hydrogen-bond acceptors (Lipinski definition) is 2. The maximum atomic E-state index is 14.1. The molecular weight excluding hydrogens is 251 g/mol. The molecule has 1 aromatic carbocycles. The summed E-state index contributed by atoms with van der Waals surface area (Å²) in [5, 5.41) is 0. The number of nitrogens with zero attached hydrogens (tertiary/aromatic N) is 2. The molecule has 0 N–H and O–H groups in total. The lowest BCUT2D eigenvalue weighted by Crippen LogP contribution is -2.58. The Kier molecular flexibility index (Phi) is 3.49. The number of halogens is 1. The van der Waals surface area contributed by atoms with Gasteiger partial charge >= 0.3 is 0 Å². The quantitative estimate of drug-likeness (QED) is 0.816. The van der Waals surface area contributed by atoms with Gasteiger partial charge in [0, 0.05) is 31.9 Å². The van der Waals surface area contributed by atoms with Gasteiger partial charge in [-0.25, -0.2) is 4.39 Å². The average molecular weight is 276 g/mol. The monoisotopic (exact) mass is 276 g/mol. The van der Waals surface area contributed by atoms with Gasteiger partial charge in [-0.15, -0.1) is 0 Å². The average Bonchev–Trinajstić information content (AvgIpc) is 2.37. The highest BCUT2D eigenvalue weighted by molar-refractivity contribution is 5.49. The fraction of sp³-hybridized carbons (Fsp3) is 0.647. The molecule has 2 fully saturated rings. The zero-order valence-corrected chi connectivity index (χ0v) is 12.8. The lowest BCUT2D eigenvalue weighted by atomic mass is 9.72. The van der Waals surface area contributed by atoms with Crippen LogP contribution in [-0.2, 0) is 0 Å². The predicted octanol–water partition coefficient (Wildman–Crippen LogP) is 3.48. The Bertz CT molecular complexity index is 482. The summed E-state index contributed by atoms with van der Waals surface area (Å²) in [4.78, 5) is 4.74. The second-order valence-electron chi connectivity index (χ2n) is 7.02. The first-order valence-electron chi connectivity index (χ1n) is 7.72. The molecule has 3 heteroatoms. The van der Waals surface area contributed by atoms with E-state index in [9.17, 15) is 4.39 Å². The van der Waals surface area contributed by atoms with Gasteiger partial charge in [-0.3, -0.25) is 0 Å². The number of likely N-dealkylation sites (tertiary alicyclic amines) is 1. The Labute approximate surface area is 121 Å². The SMILES string of the molecule is CC(C)c1ccc(N2CCC3(CC2)CN(C)C3)cc1F. The third-order valence-corrected chi connectivity index (χ3v) is 5.01. The van der Waals surface area contributed by atoms with Crippen LogP contribution >= 0.6 is 0 Å². The topological polar surface area (TPSA) is 6.48 Å². The number of anilines is 1. The molecule has 1 aromatic rings.